The SMILES string of the molecule is Cc1oc(CCN)nc1-c1ccc2c(c1)OCO2. The van der Waals surface area contributed by atoms with Crippen LogP contribution in [-0.2, 0) is 6.42 Å². The van der Waals surface area contributed by atoms with Crippen LogP contribution in [0, 0.1) is 6.92 Å². The second-order valence-corrected chi connectivity index (χ2v) is 4.12. The van der Waals surface area contributed by atoms with Gasteiger partial charge in [-0.15, -0.1) is 0 Å². The number of nitrogens with zero attached hydrogens (tertiary/aromatic N) is 1. The zero-order valence-corrected chi connectivity index (χ0v) is 10.1. The Labute approximate surface area is 105 Å². The predicted octanol–water partition coefficient (Wildman–Crippen LogP) is 1.88. The molecule has 94 valence electrons. The molecule has 2 N–H and O–H groups in total. The van der Waals surface area contributed by atoms with Crippen LogP contribution in [0.15, 0.2) is 22.6 Å². The fraction of sp³-hybridized carbons (Fsp3) is 0.308. The molecule has 0 bridgehead atoms. The van der Waals surface area contributed by atoms with Crippen LogP contribution in [0.5, 0.6) is 11.5 Å². The van der Waals surface area contributed by atoms with Crippen LogP contribution in [0.2, 0.25) is 0 Å². The quantitative estimate of drug-likeness (QED) is 0.895. The Morgan fingerprint density at radius 1 is 1.28 bits per heavy atom. The van der Waals surface area contributed by atoms with Crippen LogP contribution in [0.4, 0.5) is 0 Å². The van der Waals surface area contributed by atoms with Gasteiger partial charge >= 0.3 is 0 Å². The second kappa shape index (κ2) is 4.34. The van der Waals surface area contributed by atoms with Crippen molar-refractivity contribution >= 4 is 0 Å². The average Bonchev–Trinajstić information content (AvgIpc) is 2.95. The van der Waals surface area contributed by atoms with Crippen molar-refractivity contribution in [1.29, 1.82) is 0 Å². The zero-order chi connectivity index (χ0) is 12.5. The maximum absolute atomic E-state index is 5.57. The first-order valence-corrected chi connectivity index (χ1v) is 5.84. The van der Waals surface area contributed by atoms with Gasteiger partial charge in [0.1, 0.15) is 11.5 Å². The number of fused-ring (bicyclic) bond motifs is 1. The molecule has 0 saturated heterocycles. The summed E-state index contributed by atoms with van der Waals surface area (Å²) >= 11 is 0. The van der Waals surface area contributed by atoms with Crippen LogP contribution in [0.1, 0.15) is 11.7 Å². The molecule has 0 spiro atoms. The Hall–Kier alpha value is -2.01. The molecular weight excluding hydrogens is 232 g/mol. The number of hydrogen-bond donors (Lipinski definition) is 1. The highest BCUT2D eigenvalue weighted by molar-refractivity contribution is 5.65. The molecule has 0 atom stereocenters. The summed E-state index contributed by atoms with van der Waals surface area (Å²) in [5.74, 6) is 2.97. The van der Waals surface area contributed by atoms with Crippen molar-refractivity contribution in [2.24, 2.45) is 5.73 Å². The molecule has 18 heavy (non-hydrogen) atoms. The van der Waals surface area contributed by atoms with E-state index in [0.717, 1.165) is 28.5 Å². The molecule has 5 heteroatoms. The molecule has 0 aliphatic carbocycles. The molecule has 0 saturated carbocycles. The molecule has 1 aromatic heterocycles. The van der Waals surface area contributed by atoms with Crippen LogP contribution in [0.25, 0.3) is 11.3 Å². The largest absolute Gasteiger partial charge is 0.454 e. The van der Waals surface area contributed by atoms with E-state index in [1.54, 1.807) is 0 Å². The van der Waals surface area contributed by atoms with Gasteiger partial charge in [0.25, 0.3) is 0 Å². The minimum atomic E-state index is 0.273. The van der Waals surface area contributed by atoms with Gasteiger partial charge in [0.05, 0.1) is 0 Å². The van der Waals surface area contributed by atoms with E-state index >= 15 is 0 Å². The first-order chi connectivity index (χ1) is 8.78. The molecule has 5 nitrogen and oxygen atoms in total. The molecule has 0 unspecified atom stereocenters. The normalized spacial score (nSPS) is 13.0. The van der Waals surface area contributed by atoms with E-state index in [9.17, 15) is 0 Å². The molecule has 2 aromatic rings. The summed E-state index contributed by atoms with van der Waals surface area (Å²) in [6.45, 7) is 2.70. The fourth-order valence-corrected chi connectivity index (χ4v) is 1.99. The maximum atomic E-state index is 5.57. The van der Waals surface area contributed by atoms with Crippen LogP contribution < -0.4 is 15.2 Å². The summed E-state index contributed by atoms with van der Waals surface area (Å²) in [6, 6.07) is 5.75. The Morgan fingerprint density at radius 2 is 2.11 bits per heavy atom. The number of aryl methyl sites for hydroxylation is 1. The minimum Gasteiger partial charge on any atom is -0.454 e. The monoisotopic (exact) mass is 246 g/mol. The first-order valence-electron chi connectivity index (χ1n) is 5.84. The van der Waals surface area contributed by atoms with E-state index in [4.69, 9.17) is 19.6 Å². The zero-order valence-electron chi connectivity index (χ0n) is 10.1. The predicted molar refractivity (Wildman–Crippen MR) is 65.6 cm³/mol. The van der Waals surface area contributed by atoms with E-state index in [1.165, 1.54) is 0 Å². The number of rotatable bonds is 3. The third-order valence-electron chi connectivity index (χ3n) is 2.85. The van der Waals surface area contributed by atoms with Crippen molar-refractivity contribution in [3.8, 4) is 22.8 Å². The van der Waals surface area contributed by atoms with E-state index in [-0.39, 0.29) is 6.79 Å². The molecule has 3 rings (SSSR count). The maximum Gasteiger partial charge on any atom is 0.231 e. The van der Waals surface area contributed by atoms with Gasteiger partial charge < -0.3 is 19.6 Å². The summed E-state index contributed by atoms with van der Waals surface area (Å²) in [5, 5.41) is 0. The van der Waals surface area contributed by atoms with Crippen molar-refractivity contribution < 1.29 is 13.9 Å². The van der Waals surface area contributed by atoms with E-state index in [2.05, 4.69) is 4.98 Å². The fourth-order valence-electron chi connectivity index (χ4n) is 1.99. The van der Waals surface area contributed by atoms with Gasteiger partial charge in [0.2, 0.25) is 6.79 Å². The molecule has 1 aromatic carbocycles. The lowest BCUT2D eigenvalue weighted by atomic mass is 10.1. The topological polar surface area (TPSA) is 70.5 Å². The average molecular weight is 246 g/mol. The Morgan fingerprint density at radius 3 is 2.94 bits per heavy atom. The number of aromatic nitrogens is 1. The molecule has 0 amide bonds. The van der Waals surface area contributed by atoms with E-state index in [0.29, 0.717) is 18.9 Å². The third kappa shape index (κ3) is 1.82. The Balaban J connectivity index is 1.99. The van der Waals surface area contributed by atoms with Gasteiger partial charge in [-0.3, -0.25) is 0 Å². The second-order valence-electron chi connectivity index (χ2n) is 4.12. The molecule has 1 aliphatic heterocycles. The van der Waals surface area contributed by atoms with Gasteiger partial charge in [-0.1, -0.05) is 0 Å². The highest BCUT2D eigenvalue weighted by atomic mass is 16.7. The number of ether oxygens (including phenoxy) is 2. The molecule has 0 radical (unpaired) electrons. The first kappa shape index (κ1) is 11.1. The number of benzene rings is 1. The molecule has 1 aliphatic rings. The Bertz CT molecular complexity index is 578. The lowest BCUT2D eigenvalue weighted by molar-refractivity contribution is 0.174. The molecule has 2 heterocycles. The summed E-state index contributed by atoms with van der Waals surface area (Å²) in [5.41, 5.74) is 7.29. The van der Waals surface area contributed by atoms with Gasteiger partial charge in [-0.25, -0.2) is 4.98 Å². The van der Waals surface area contributed by atoms with Gasteiger partial charge in [0, 0.05) is 18.5 Å². The van der Waals surface area contributed by atoms with Crippen molar-refractivity contribution in [2.75, 3.05) is 13.3 Å². The highest BCUT2D eigenvalue weighted by Crippen LogP contribution is 2.36. The summed E-state index contributed by atoms with van der Waals surface area (Å²) < 4.78 is 16.2. The Kier molecular flexibility index (Phi) is 2.68. The lowest BCUT2D eigenvalue weighted by Gasteiger charge is -2.00. The smallest absolute Gasteiger partial charge is 0.231 e. The van der Waals surface area contributed by atoms with E-state index in [1.807, 2.05) is 25.1 Å². The van der Waals surface area contributed by atoms with Crippen molar-refractivity contribution in [3.05, 3.63) is 29.9 Å². The minimum absolute atomic E-state index is 0.273. The molecular formula is C13H14N2O3. The van der Waals surface area contributed by atoms with Crippen LogP contribution in [-0.4, -0.2) is 18.3 Å². The summed E-state index contributed by atoms with van der Waals surface area (Å²) in [7, 11) is 0. The standard InChI is InChI=1S/C13H14N2O3/c1-8-13(15-12(18-8)4-5-14)9-2-3-10-11(6-9)17-7-16-10/h2-3,6H,4-5,7,14H2,1H3. The summed E-state index contributed by atoms with van der Waals surface area (Å²) in [6.07, 6.45) is 0.644. The van der Waals surface area contributed by atoms with Crippen molar-refractivity contribution in [2.45, 2.75) is 13.3 Å². The van der Waals surface area contributed by atoms with Gasteiger partial charge in [-0.05, 0) is 25.1 Å². The number of oxazole rings is 1. The van der Waals surface area contributed by atoms with Crippen molar-refractivity contribution in [1.82, 2.24) is 4.98 Å². The van der Waals surface area contributed by atoms with Gasteiger partial charge in [-0.2, -0.15) is 0 Å². The van der Waals surface area contributed by atoms with E-state index < -0.39 is 0 Å². The third-order valence-corrected chi connectivity index (χ3v) is 2.85. The van der Waals surface area contributed by atoms with Crippen LogP contribution >= 0.6 is 0 Å². The summed E-state index contributed by atoms with van der Waals surface area (Å²) in [4.78, 5) is 4.45. The lowest BCUT2D eigenvalue weighted by Crippen LogP contribution is -2.02. The highest BCUT2D eigenvalue weighted by Gasteiger charge is 2.17. The van der Waals surface area contributed by atoms with Crippen molar-refractivity contribution in [3.63, 3.8) is 0 Å². The number of nitrogens with two attached hydrogens (primary N) is 1. The van der Waals surface area contributed by atoms with Gasteiger partial charge in [0.15, 0.2) is 17.4 Å². The number of hydrogen-bond acceptors (Lipinski definition) is 5. The molecule has 0 fully saturated rings. The van der Waals surface area contributed by atoms with Crippen LogP contribution in [0.3, 0.4) is 0 Å².